The van der Waals surface area contributed by atoms with Crippen LogP contribution >= 0.6 is 0 Å². The molecule has 1 aliphatic rings. The van der Waals surface area contributed by atoms with E-state index < -0.39 is 0 Å². The van der Waals surface area contributed by atoms with Gasteiger partial charge in [0, 0.05) is 37.9 Å². The maximum Gasteiger partial charge on any atom is 0.229 e. The molecule has 6 nitrogen and oxygen atoms in total. The van der Waals surface area contributed by atoms with Gasteiger partial charge in [0.05, 0.1) is 18.7 Å². The van der Waals surface area contributed by atoms with Crippen molar-refractivity contribution in [3.05, 3.63) is 42.2 Å². The summed E-state index contributed by atoms with van der Waals surface area (Å²) in [6.07, 6.45) is 3.82. The van der Waals surface area contributed by atoms with E-state index in [1.54, 1.807) is 4.68 Å². The summed E-state index contributed by atoms with van der Waals surface area (Å²) >= 11 is 0. The number of ether oxygens (including phenoxy) is 1. The minimum Gasteiger partial charge on any atom is -0.494 e. The molecule has 1 aromatic heterocycles. The first-order chi connectivity index (χ1) is 11.2. The van der Waals surface area contributed by atoms with Gasteiger partial charge in [0.2, 0.25) is 5.91 Å². The van der Waals surface area contributed by atoms with E-state index in [9.17, 15) is 4.79 Å². The first kappa shape index (κ1) is 15.6. The van der Waals surface area contributed by atoms with Crippen molar-refractivity contribution in [3.8, 4) is 5.75 Å². The number of hydrogen-bond acceptors (Lipinski definition) is 4. The molecule has 1 aliphatic heterocycles. The number of anilines is 1. The van der Waals surface area contributed by atoms with Crippen LogP contribution in [0.3, 0.4) is 0 Å². The van der Waals surface area contributed by atoms with Crippen molar-refractivity contribution in [2.45, 2.75) is 12.8 Å². The minimum absolute atomic E-state index is 0.0352. The Morgan fingerprint density at radius 2 is 2.17 bits per heavy atom. The van der Waals surface area contributed by atoms with Crippen LogP contribution in [-0.2, 0) is 11.8 Å². The molecule has 1 fully saturated rings. The number of benzene rings is 1. The lowest BCUT2D eigenvalue weighted by molar-refractivity contribution is -0.119. The number of nitrogens with zero attached hydrogens (tertiary/aromatic N) is 2. The highest BCUT2D eigenvalue weighted by atomic mass is 16.5. The molecular formula is C17H22N4O2. The molecule has 3 rings (SSSR count). The van der Waals surface area contributed by atoms with Crippen LogP contribution in [0.5, 0.6) is 5.75 Å². The second-order valence-electron chi connectivity index (χ2n) is 5.77. The standard InChI is InChI=1S/C17H22N4O2/c1-3-23-14-6-4-13(5-7-14)20-17(22)16-10-18-9-15(16)12-8-19-21(2)11-12/h4-8,11,15-16,18H,3,9-10H2,1-2H3,(H,20,22)/t15-,16+/m1/s1. The van der Waals surface area contributed by atoms with E-state index in [1.165, 1.54) is 0 Å². The molecule has 2 N–H and O–H groups in total. The quantitative estimate of drug-likeness (QED) is 0.882. The lowest BCUT2D eigenvalue weighted by Gasteiger charge is -2.17. The van der Waals surface area contributed by atoms with Crippen LogP contribution < -0.4 is 15.4 Å². The van der Waals surface area contributed by atoms with Gasteiger partial charge in [-0.15, -0.1) is 0 Å². The van der Waals surface area contributed by atoms with E-state index in [-0.39, 0.29) is 17.7 Å². The Kier molecular flexibility index (Phi) is 4.62. The fourth-order valence-electron chi connectivity index (χ4n) is 2.97. The van der Waals surface area contributed by atoms with Gasteiger partial charge in [-0.2, -0.15) is 5.10 Å². The van der Waals surface area contributed by atoms with Crippen molar-refractivity contribution < 1.29 is 9.53 Å². The lowest BCUT2D eigenvalue weighted by atomic mass is 9.90. The van der Waals surface area contributed by atoms with Crippen LogP contribution in [0, 0.1) is 5.92 Å². The van der Waals surface area contributed by atoms with Crippen LogP contribution in [-0.4, -0.2) is 35.4 Å². The Bertz CT molecular complexity index is 665. The molecule has 0 aliphatic carbocycles. The number of carbonyl (C=O) groups excluding carboxylic acids is 1. The fraction of sp³-hybridized carbons (Fsp3) is 0.412. The first-order valence-corrected chi connectivity index (χ1v) is 7.90. The average molecular weight is 314 g/mol. The van der Waals surface area contributed by atoms with Gasteiger partial charge in [-0.1, -0.05) is 0 Å². The van der Waals surface area contributed by atoms with Gasteiger partial charge in [-0.25, -0.2) is 0 Å². The maximum absolute atomic E-state index is 12.6. The summed E-state index contributed by atoms with van der Waals surface area (Å²) in [6, 6.07) is 7.46. The van der Waals surface area contributed by atoms with Crippen molar-refractivity contribution in [2.75, 3.05) is 25.0 Å². The zero-order chi connectivity index (χ0) is 16.2. The third-order valence-electron chi connectivity index (χ3n) is 4.14. The normalized spacial score (nSPS) is 20.4. The summed E-state index contributed by atoms with van der Waals surface area (Å²) in [5, 5.41) is 10.5. The van der Waals surface area contributed by atoms with Crippen molar-refractivity contribution >= 4 is 11.6 Å². The predicted octanol–water partition coefficient (Wildman–Crippen LogP) is 1.76. The molecule has 0 bridgehead atoms. The lowest BCUT2D eigenvalue weighted by Crippen LogP contribution is -2.28. The third-order valence-corrected chi connectivity index (χ3v) is 4.14. The van der Waals surface area contributed by atoms with E-state index in [1.807, 2.05) is 50.6 Å². The topological polar surface area (TPSA) is 68.2 Å². The number of nitrogens with one attached hydrogen (secondary N) is 2. The largest absolute Gasteiger partial charge is 0.494 e. The summed E-state index contributed by atoms with van der Waals surface area (Å²) in [7, 11) is 1.89. The molecule has 0 unspecified atom stereocenters. The van der Waals surface area contributed by atoms with Crippen molar-refractivity contribution in [1.82, 2.24) is 15.1 Å². The Morgan fingerprint density at radius 3 is 2.83 bits per heavy atom. The Morgan fingerprint density at radius 1 is 1.39 bits per heavy atom. The molecule has 0 saturated carbocycles. The predicted molar refractivity (Wildman–Crippen MR) is 88.5 cm³/mol. The Balaban J connectivity index is 1.67. The second kappa shape index (κ2) is 6.83. The number of hydrogen-bond donors (Lipinski definition) is 2. The third kappa shape index (κ3) is 3.53. The molecule has 0 radical (unpaired) electrons. The second-order valence-corrected chi connectivity index (χ2v) is 5.77. The molecular weight excluding hydrogens is 292 g/mol. The maximum atomic E-state index is 12.6. The average Bonchev–Trinajstić information content (AvgIpc) is 3.18. The van der Waals surface area contributed by atoms with E-state index in [0.717, 1.165) is 23.5 Å². The summed E-state index contributed by atoms with van der Waals surface area (Å²) in [5.41, 5.74) is 1.89. The van der Waals surface area contributed by atoms with Gasteiger partial charge >= 0.3 is 0 Å². The highest BCUT2D eigenvalue weighted by Crippen LogP contribution is 2.29. The van der Waals surface area contributed by atoms with Gasteiger partial charge in [-0.3, -0.25) is 9.48 Å². The summed E-state index contributed by atoms with van der Waals surface area (Å²) in [5.74, 6) is 0.909. The van der Waals surface area contributed by atoms with Crippen LogP contribution in [0.2, 0.25) is 0 Å². The monoisotopic (exact) mass is 314 g/mol. The summed E-state index contributed by atoms with van der Waals surface area (Å²) in [6.45, 7) is 4.06. The minimum atomic E-state index is -0.0919. The van der Waals surface area contributed by atoms with E-state index >= 15 is 0 Å². The van der Waals surface area contributed by atoms with E-state index in [0.29, 0.717) is 13.2 Å². The van der Waals surface area contributed by atoms with Crippen molar-refractivity contribution in [2.24, 2.45) is 13.0 Å². The van der Waals surface area contributed by atoms with Crippen molar-refractivity contribution in [1.29, 1.82) is 0 Å². The van der Waals surface area contributed by atoms with Gasteiger partial charge in [0.15, 0.2) is 0 Å². The number of rotatable bonds is 5. The van der Waals surface area contributed by atoms with E-state index in [2.05, 4.69) is 15.7 Å². The van der Waals surface area contributed by atoms with E-state index in [4.69, 9.17) is 4.74 Å². The van der Waals surface area contributed by atoms with Gasteiger partial charge in [0.1, 0.15) is 5.75 Å². The molecule has 6 heteroatoms. The molecule has 2 atom stereocenters. The number of aryl methyl sites for hydroxylation is 1. The summed E-state index contributed by atoms with van der Waals surface area (Å²) < 4.78 is 7.18. The van der Waals surface area contributed by atoms with Crippen LogP contribution in [0.15, 0.2) is 36.7 Å². The number of aromatic nitrogens is 2. The van der Waals surface area contributed by atoms with Crippen molar-refractivity contribution in [3.63, 3.8) is 0 Å². The molecule has 1 amide bonds. The SMILES string of the molecule is CCOc1ccc(NC(=O)[C@H]2CNC[C@@H]2c2cnn(C)c2)cc1. The van der Waals surface area contributed by atoms with Gasteiger partial charge in [-0.05, 0) is 36.8 Å². The molecule has 2 aromatic rings. The molecule has 1 saturated heterocycles. The molecule has 2 heterocycles. The molecule has 122 valence electrons. The molecule has 1 aromatic carbocycles. The Labute approximate surface area is 135 Å². The first-order valence-electron chi connectivity index (χ1n) is 7.90. The molecule has 23 heavy (non-hydrogen) atoms. The van der Waals surface area contributed by atoms with Crippen LogP contribution in [0.1, 0.15) is 18.4 Å². The fourth-order valence-corrected chi connectivity index (χ4v) is 2.97. The zero-order valence-corrected chi connectivity index (χ0v) is 13.5. The summed E-state index contributed by atoms with van der Waals surface area (Å²) in [4.78, 5) is 12.6. The Hall–Kier alpha value is -2.34. The van der Waals surface area contributed by atoms with Crippen LogP contribution in [0.25, 0.3) is 0 Å². The van der Waals surface area contributed by atoms with Gasteiger partial charge in [0.25, 0.3) is 0 Å². The highest BCUT2D eigenvalue weighted by Gasteiger charge is 2.34. The molecule has 0 spiro atoms. The zero-order valence-electron chi connectivity index (χ0n) is 13.5. The van der Waals surface area contributed by atoms with Gasteiger partial charge < -0.3 is 15.4 Å². The number of amides is 1. The van der Waals surface area contributed by atoms with Crippen LogP contribution in [0.4, 0.5) is 5.69 Å². The smallest absolute Gasteiger partial charge is 0.229 e. The number of carbonyl (C=O) groups is 1. The highest BCUT2D eigenvalue weighted by molar-refractivity contribution is 5.93.